The van der Waals surface area contributed by atoms with Crippen molar-refractivity contribution in [1.82, 2.24) is 4.98 Å². The van der Waals surface area contributed by atoms with Crippen molar-refractivity contribution in [3.63, 3.8) is 0 Å². The van der Waals surface area contributed by atoms with Gasteiger partial charge in [0.05, 0.1) is 5.92 Å². The molecule has 1 atom stereocenters. The number of pyridine rings is 1. The number of aryl methyl sites for hydroxylation is 1. The number of carboxylic acid groups (broad SMARTS) is 1. The van der Waals surface area contributed by atoms with Gasteiger partial charge < -0.3 is 10.4 Å². The van der Waals surface area contributed by atoms with Crippen LogP contribution in [-0.4, -0.2) is 22.0 Å². The minimum atomic E-state index is -2.71. The van der Waals surface area contributed by atoms with E-state index in [2.05, 4.69) is 10.3 Å². The van der Waals surface area contributed by atoms with Crippen LogP contribution in [0.4, 0.5) is 18.9 Å². The van der Waals surface area contributed by atoms with Crippen molar-refractivity contribution in [2.75, 3.05) is 5.32 Å². The predicted octanol–water partition coefficient (Wildman–Crippen LogP) is 7.06. The smallest absolute Gasteiger partial charge is 0.303 e. The molecule has 1 fully saturated rings. The Hall–Kier alpha value is -3.68. The van der Waals surface area contributed by atoms with E-state index in [4.69, 9.17) is 5.11 Å². The number of benzene rings is 2. The normalized spacial score (nSPS) is 14.6. The highest BCUT2D eigenvalue weighted by atomic mass is 19.3. The molecule has 5 nitrogen and oxygen atoms in total. The monoisotopic (exact) mass is 510 g/mol. The third-order valence-corrected chi connectivity index (χ3v) is 7.14. The summed E-state index contributed by atoms with van der Waals surface area (Å²) < 4.78 is 41.5. The minimum absolute atomic E-state index is 0.00962. The van der Waals surface area contributed by atoms with E-state index >= 15 is 4.39 Å². The molecule has 2 aromatic carbocycles. The Morgan fingerprint density at radius 1 is 1.08 bits per heavy atom. The van der Waals surface area contributed by atoms with Crippen LogP contribution in [0.2, 0.25) is 0 Å². The van der Waals surface area contributed by atoms with E-state index < -0.39 is 24.1 Å². The maximum Gasteiger partial charge on any atom is 0.303 e. The number of rotatable bonds is 9. The molecule has 1 aliphatic carbocycles. The van der Waals surface area contributed by atoms with Crippen molar-refractivity contribution >= 4 is 17.6 Å². The molecule has 194 valence electrons. The summed E-state index contributed by atoms with van der Waals surface area (Å²) in [5.41, 5.74) is 2.88. The molecule has 37 heavy (non-hydrogen) atoms. The highest BCUT2D eigenvalue weighted by molar-refractivity contribution is 5.97. The number of nitrogens with one attached hydrogen (secondary N) is 1. The Bertz CT molecular complexity index is 1290. The molecule has 1 saturated carbocycles. The number of hydrogen-bond donors (Lipinski definition) is 2. The first-order valence-corrected chi connectivity index (χ1v) is 12.4. The molecule has 0 unspecified atom stereocenters. The van der Waals surface area contributed by atoms with Crippen LogP contribution >= 0.6 is 0 Å². The Kier molecular flexibility index (Phi) is 8.26. The zero-order valence-corrected chi connectivity index (χ0v) is 20.5. The third kappa shape index (κ3) is 6.18. The summed E-state index contributed by atoms with van der Waals surface area (Å²) >= 11 is 0. The number of aromatic nitrogens is 1. The molecular formula is C29H29F3N2O3. The second kappa shape index (κ2) is 11.6. The maximum absolute atomic E-state index is 15.3. The number of carbonyl (C=O) groups is 2. The average molecular weight is 511 g/mol. The molecule has 1 aromatic heterocycles. The van der Waals surface area contributed by atoms with Crippen LogP contribution in [0.5, 0.6) is 0 Å². The van der Waals surface area contributed by atoms with Crippen LogP contribution in [0.1, 0.15) is 66.7 Å². The summed E-state index contributed by atoms with van der Waals surface area (Å²) in [5, 5.41) is 12.0. The molecule has 8 heteroatoms. The fraction of sp³-hybridized carbons (Fsp3) is 0.345. The van der Waals surface area contributed by atoms with Gasteiger partial charge in [0, 0.05) is 41.2 Å². The molecule has 1 aliphatic rings. The lowest BCUT2D eigenvalue weighted by Crippen LogP contribution is -2.27. The molecule has 0 saturated heterocycles. The first kappa shape index (κ1) is 26.4. The van der Waals surface area contributed by atoms with Gasteiger partial charge >= 0.3 is 5.97 Å². The van der Waals surface area contributed by atoms with Crippen LogP contribution in [0.3, 0.4) is 0 Å². The van der Waals surface area contributed by atoms with Gasteiger partial charge in [0.1, 0.15) is 5.82 Å². The van der Waals surface area contributed by atoms with Crippen molar-refractivity contribution in [3.8, 4) is 11.1 Å². The number of alkyl halides is 2. The van der Waals surface area contributed by atoms with Crippen molar-refractivity contribution in [3.05, 3.63) is 82.9 Å². The lowest BCUT2D eigenvalue weighted by atomic mass is 9.83. The first-order chi connectivity index (χ1) is 17.7. The lowest BCUT2D eigenvalue weighted by Gasteiger charge is -2.24. The topological polar surface area (TPSA) is 79.3 Å². The van der Waals surface area contributed by atoms with Gasteiger partial charge in [-0.1, -0.05) is 37.1 Å². The first-order valence-electron chi connectivity index (χ1n) is 12.4. The molecule has 0 spiro atoms. The number of nitrogens with zero attached hydrogens (tertiary/aromatic N) is 1. The van der Waals surface area contributed by atoms with Crippen molar-refractivity contribution in [2.24, 2.45) is 5.92 Å². The Labute approximate surface area is 213 Å². The van der Waals surface area contributed by atoms with Crippen molar-refractivity contribution in [1.29, 1.82) is 0 Å². The third-order valence-electron chi connectivity index (χ3n) is 7.14. The van der Waals surface area contributed by atoms with Crippen LogP contribution in [-0.2, 0) is 16.0 Å². The number of carbonyl (C=O) groups excluding carboxylic acids is 1. The maximum atomic E-state index is 15.3. The van der Waals surface area contributed by atoms with E-state index in [-0.39, 0.29) is 34.9 Å². The quantitative estimate of drug-likeness (QED) is 0.323. The number of aliphatic carboxylic acids is 1. The number of amides is 1. The van der Waals surface area contributed by atoms with Crippen LogP contribution in [0.25, 0.3) is 11.1 Å². The second-order valence-corrected chi connectivity index (χ2v) is 9.54. The number of hydrogen-bond acceptors (Lipinski definition) is 3. The van der Waals surface area contributed by atoms with E-state index in [9.17, 15) is 18.4 Å². The highest BCUT2D eigenvalue weighted by Gasteiger charge is 2.33. The van der Waals surface area contributed by atoms with Gasteiger partial charge in [-0.2, -0.15) is 0 Å². The zero-order valence-electron chi connectivity index (χ0n) is 20.5. The fourth-order valence-corrected chi connectivity index (χ4v) is 5.15. The average Bonchev–Trinajstić information content (AvgIpc) is 3.39. The molecular weight excluding hydrogens is 481 g/mol. The SMILES string of the molecule is Cc1c(CCC(=O)O)cccc1NC(=O)[C@@H](c1ccc(-c2cncc(C(F)F)c2)c(F)c1)C1CCCC1. The summed E-state index contributed by atoms with van der Waals surface area (Å²) in [7, 11) is 0. The largest absolute Gasteiger partial charge is 0.481 e. The summed E-state index contributed by atoms with van der Waals surface area (Å²) in [4.78, 5) is 28.4. The molecule has 3 aromatic rings. The summed E-state index contributed by atoms with van der Waals surface area (Å²) in [6.07, 6.45) is 3.70. The van der Waals surface area contributed by atoms with E-state index in [0.29, 0.717) is 17.7 Å². The van der Waals surface area contributed by atoms with E-state index in [1.165, 1.54) is 24.4 Å². The summed E-state index contributed by atoms with van der Waals surface area (Å²) in [5.74, 6) is -2.28. The number of anilines is 1. The van der Waals surface area contributed by atoms with Crippen molar-refractivity contribution < 1.29 is 27.9 Å². The highest BCUT2D eigenvalue weighted by Crippen LogP contribution is 2.39. The Morgan fingerprint density at radius 2 is 1.84 bits per heavy atom. The molecule has 2 N–H and O–H groups in total. The number of carboxylic acids is 1. The van der Waals surface area contributed by atoms with Crippen LogP contribution in [0.15, 0.2) is 54.9 Å². The van der Waals surface area contributed by atoms with Gasteiger partial charge in [-0.05, 0) is 67.0 Å². The van der Waals surface area contributed by atoms with Crippen LogP contribution in [0, 0.1) is 18.7 Å². The molecule has 4 rings (SSSR count). The summed E-state index contributed by atoms with van der Waals surface area (Å²) in [6, 6.07) is 11.1. The molecule has 0 radical (unpaired) electrons. The standard InChI is InChI=1S/C29H29F3N2O3/c1-17-18(10-12-26(35)36)7-4-8-25(17)34-29(37)27(19-5-2-3-6-19)20-9-11-23(24(30)14-20)21-13-22(28(31)32)16-33-15-21/h4,7-9,11,13-16,19,27-28H,2-3,5-6,10,12H2,1H3,(H,34,37)(H,35,36)/t27-/m1/s1. The van der Waals surface area contributed by atoms with Crippen molar-refractivity contribution in [2.45, 2.75) is 57.8 Å². The fourth-order valence-electron chi connectivity index (χ4n) is 5.15. The minimum Gasteiger partial charge on any atom is -0.481 e. The van der Waals surface area contributed by atoms with Crippen LogP contribution < -0.4 is 5.32 Å². The molecule has 0 aliphatic heterocycles. The van der Waals surface area contributed by atoms with Gasteiger partial charge in [-0.3, -0.25) is 14.6 Å². The summed E-state index contributed by atoms with van der Waals surface area (Å²) in [6.45, 7) is 1.84. The molecule has 1 amide bonds. The van der Waals surface area contributed by atoms with E-state index in [1.54, 1.807) is 18.2 Å². The van der Waals surface area contributed by atoms with E-state index in [0.717, 1.165) is 43.0 Å². The molecule has 1 heterocycles. The number of halogens is 3. The van der Waals surface area contributed by atoms with Gasteiger partial charge in [0.25, 0.3) is 6.43 Å². The van der Waals surface area contributed by atoms with Gasteiger partial charge in [-0.15, -0.1) is 0 Å². The Morgan fingerprint density at radius 3 is 2.51 bits per heavy atom. The predicted molar refractivity (Wildman–Crippen MR) is 135 cm³/mol. The van der Waals surface area contributed by atoms with Gasteiger partial charge in [-0.25, -0.2) is 13.2 Å². The van der Waals surface area contributed by atoms with Gasteiger partial charge in [0.2, 0.25) is 5.91 Å². The Balaban J connectivity index is 1.62. The van der Waals surface area contributed by atoms with E-state index in [1.807, 2.05) is 13.0 Å². The second-order valence-electron chi connectivity index (χ2n) is 9.54. The lowest BCUT2D eigenvalue weighted by molar-refractivity contribution is -0.137. The molecule has 0 bridgehead atoms. The van der Waals surface area contributed by atoms with Gasteiger partial charge in [0.15, 0.2) is 0 Å². The zero-order chi connectivity index (χ0) is 26.5.